The SMILES string of the molecule is CCc1ccc(S(=O)(=O)N2CCN(S(=O)(=O)c3ccc(F)c(F)c3)CC2)cc1. The molecule has 2 aromatic carbocycles. The van der Waals surface area contributed by atoms with Gasteiger partial charge in [-0.25, -0.2) is 25.6 Å². The maximum atomic E-state index is 13.4. The highest BCUT2D eigenvalue weighted by molar-refractivity contribution is 7.89. The molecule has 1 heterocycles. The minimum Gasteiger partial charge on any atom is -0.207 e. The number of rotatable bonds is 5. The molecular formula is C18H20F2N2O4S2. The predicted octanol–water partition coefficient (Wildman–Crippen LogP) is 2.22. The molecule has 0 saturated carbocycles. The third-order valence-electron chi connectivity index (χ3n) is 4.70. The summed E-state index contributed by atoms with van der Waals surface area (Å²) in [6.45, 7) is 1.76. The standard InChI is InChI=1S/C18H20F2N2O4S2/c1-2-14-3-5-15(6-4-14)27(23,24)21-9-11-22(12-10-21)28(25,26)16-7-8-17(19)18(20)13-16/h3-8,13H,2,9-12H2,1H3. The molecular weight excluding hydrogens is 410 g/mol. The average molecular weight is 430 g/mol. The minimum absolute atomic E-state index is 0.0270. The first-order valence-corrected chi connectivity index (χ1v) is 11.6. The summed E-state index contributed by atoms with van der Waals surface area (Å²) in [5, 5.41) is 0. The monoisotopic (exact) mass is 430 g/mol. The van der Waals surface area contributed by atoms with Crippen LogP contribution in [0.4, 0.5) is 8.78 Å². The van der Waals surface area contributed by atoms with Crippen LogP contribution in [-0.2, 0) is 26.5 Å². The summed E-state index contributed by atoms with van der Waals surface area (Å²) in [6.07, 6.45) is 0.793. The Morgan fingerprint density at radius 1 is 0.750 bits per heavy atom. The molecule has 0 radical (unpaired) electrons. The van der Waals surface area contributed by atoms with E-state index in [4.69, 9.17) is 0 Å². The van der Waals surface area contributed by atoms with E-state index in [9.17, 15) is 25.6 Å². The summed E-state index contributed by atoms with van der Waals surface area (Å²) in [4.78, 5) is -0.209. The molecule has 1 aliphatic rings. The van der Waals surface area contributed by atoms with Crippen LogP contribution in [-0.4, -0.2) is 51.6 Å². The van der Waals surface area contributed by atoms with Gasteiger partial charge in [-0.1, -0.05) is 19.1 Å². The van der Waals surface area contributed by atoms with Crippen molar-refractivity contribution in [2.75, 3.05) is 26.2 Å². The lowest BCUT2D eigenvalue weighted by Crippen LogP contribution is -2.50. The fraction of sp³-hybridized carbons (Fsp3) is 0.333. The molecule has 28 heavy (non-hydrogen) atoms. The van der Waals surface area contributed by atoms with E-state index < -0.39 is 31.7 Å². The summed E-state index contributed by atoms with van der Waals surface area (Å²) in [7, 11) is -7.77. The molecule has 3 rings (SSSR count). The van der Waals surface area contributed by atoms with Gasteiger partial charge in [0, 0.05) is 26.2 Å². The number of nitrogens with zero attached hydrogens (tertiary/aromatic N) is 2. The zero-order valence-corrected chi connectivity index (χ0v) is 16.8. The van der Waals surface area contributed by atoms with Crippen LogP contribution in [0.15, 0.2) is 52.3 Å². The van der Waals surface area contributed by atoms with Gasteiger partial charge in [0.15, 0.2) is 11.6 Å². The van der Waals surface area contributed by atoms with E-state index in [1.807, 2.05) is 6.92 Å². The number of hydrogen-bond donors (Lipinski definition) is 0. The molecule has 1 fully saturated rings. The number of aryl methyl sites for hydroxylation is 1. The Morgan fingerprint density at radius 3 is 1.68 bits per heavy atom. The van der Waals surface area contributed by atoms with Crippen molar-refractivity contribution in [1.82, 2.24) is 8.61 Å². The van der Waals surface area contributed by atoms with Crippen molar-refractivity contribution >= 4 is 20.0 Å². The highest BCUT2D eigenvalue weighted by atomic mass is 32.2. The van der Waals surface area contributed by atoms with E-state index in [0.717, 1.165) is 28.4 Å². The quantitative estimate of drug-likeness (QED) is 0.729. The lowest BCUT2D eigenvalue weighted by Gasteiger charge is -2.33. The van der Waals surface area contributed by atoms with Crippen molar-refractivity contribution in [1.29, 1.82) is 0 Å². The van der Waals surface area contributed by atoms with Crippen molar-refractivity contribution in [2.24, 2.45) is 0 Å². The van der Waals surface area contributed by atoms with E-state index in [1.165, 1.54) is 4.31 Å². The summed E-state index contributed by atoms with van der Waals surface area (Å²) in [6, 6.07) is 8.95. The molecule has 0 aliphatic carbocycles. The van der Waals surface area contributed by atoms with E-state index in [-0.39, 0.29) is 36.0 Å². The second kappa shape index (κ2) is 7.86. The molecule has 0 bridgehead atoms. The smallest absolute Gasteiger partial charge is 0.207 e. The lowest BCUT2D eigenvalue weighted by molar-refractivity contribution is 0.272. The molecule has 0 aromatic heterocycles. The van der Waals surface area contributed by atoms with Crippen molar-refractivity contribution in [3.05, 3.63) is 59.7 Å². The molecule has 1 aliphatic heterocycles. The largest absolute Gasteiger partial charge is 0.243 e. The molecule has 0 N–H and O–H groups in total. The molecule has 152 valence electrons. The van der Waals surface area contributed by atoms with Gasteiger partial charge in [-0.05, 0) is 42.3 Å². The van der Waals surface area contributed by atoms with Gasteiger partial charge in [0.05, 0.1) is 9.79 Å². The Bertz CT molecular complexity index is 1060. The Labute approximate surface area is 163 Å². The van der Waals surface area contributed by atoms with Crippen molar-refractivity contribution in [3.63, 3.8) is 0 Å². The van der Waals surface area contributed by atoms with Gasteiger partial charge in [0.2, 0.25) is 20.0 Å². The Hall–Kier alpha value is -1.88. The van der Waals surface area contributed by atoms with Crippen LogP contribution in [0, 0.1) is 11.6 Å². The van der Waals surface area contributed by atoms with Crippen LogP contribution in [0.25, 0.3) is 0 Å². The predicted molar refractivity (Wildman–Crippen MR) is 99.7 cm³/mol. The molecule has 0 atom stereocenters. The first kappa shape index (κ1) is 20.8. The van der Waals surface area contributed by atoms with E-state index in [1.54, 1.807) is 24.3 Å². The third-order valence-corrected chi connectivity index (χ3v) is 8.50. The number of sulfonamides is 2. The average Bonchev–Trinajstić information content (AvgIpc) is 2.70. The molecule has 0 spiro atoms. The summed E-state index contributed by atoms with van der Waals surface area (Å²) < 4.78 is 79.5. The Kier molecular flexibility index (Phi) is 5.85. The van der Waals surface area contributed by atoms with Gasteiger partial charge in [-0.2, -0.15) is 8.61 Å². The fourth-order valence-corrected chi connectivity index (χ4v) is 5.84. The Morgan fingerprint density at radius 2 is 1.21 bits per heavy atom. The second-order valence-corrected chi connectivity index (χ2v) is 10.3. The summed E-state index contributed by atoms with van der Waals surface area (Å²) in [5.41, 5.74) is 1.02. The Balaban J connectivity index is 1.75. The van der Waals surface area contributed by atoms with Gasteiger partial charge in [-0.3, -0.25) is 0 Å². The van der Waals surface area contributed by atoms with Gasteiger partial charge in [0.25, 0.3) is 0 Å². The first-order chi connectivity index (χ1) is 13.2. The molecule has 0 amide bonds. The number of piperazine rings is 1. The zero-order chi connectivity index (χ0) is 20.5. The molecule has 0 unspecified atom stereocenters. The van der Waals surface area contributed by atoms with E-state index in [2.05, 4.69) is 0 Å². The first-order valence-electron chi connectivity index (χ1n) is 8.70. The maximum Gasteiger partial charge on any atom is 0.243 e. The molecule has 2 aromatic rings. The van der Waals surface area contributed by atoms with Crippen molar-refractivity contribution < 1.29 is 25.6 Å². The van der Waals surface area contributed by atoms with Crippen LogP contribution in [0.2, 0.25) is 0 Å². The minimum atomic E-state index is -4.04. The zero-order valence-electron chi connectivity index (χ0n) is 15.2. The molecule has 6 nitrogen and oxygen atoms in total. The fourth-order valence-electron chi connectivity index (χ4n) is 2.98. The van der Waals surface area contributed by atoms with Gasteiger partial charge >= 0.3 is 0 Å². The summed E-state index contributed by atoms with van der Waals surface area (Å²) in [5.74, 6) is -2.39. The molecule has 10 heteroatoms. The van der Waals surface area contributed by atoms with Crippen molar-refractivity contribution in [2.45, 2.75) is 23.1 Å². The second-order valence-electron chi connectivity index (χ2n) is 6.38. The third kappa shape index (κ3) is 3.95. The van der Waals surface area contributed by atoms with Crippen LogP contribution in [0.1, 0.15) is 12.5 Å². The summed E-state index contributed by atoms with van der Waals surface area (Å²) >= 11 is 0. The van der Waals surface area contributed by atoms with Gasteiger partial charge in [0.1, 0.15) is 0 Å². The maximum absolute atomic E-state index is 13.4. The number of benzene rings is 2. The number of halogens is 2. The van der Waals surface area contributed by atoms with Gasteiger partial charge < -0.3 is 0 Å². The topological polar surface area (TPSA) is 74.8 Å². The van der Waals surface area contributed by atoms with E-state index in [0.29, 0.717) is 6.07 Å². The lowest BCUT2D eigenvalue weighted by atomic mass is 10.2. The van der Waals surface area contributed by atoms with Crippen LogP contribution >= 0.6 is 0 Å². The highest BCUT2D eigenvalue weighted by Crippen LogP contribution is 2.23. The molecule has 1 saturated heterocycles. The normalized spacial score (nSPS) is 17.0. The van der Waals surface area contributed by atoms with Crippen molar-refractivity contribution in [3.8, 4) is 0 Å². The van der Waals surface area contributed by atoms with Crippen LogP contribution in [0.5, 0.6) is 0 Å². The highest BCUT2D eigenvalue weighted by Gasteiger charge is 2.34. The van der Waals surface area contributed by atoms with E-state index >= 15 is 0 Å². The number of hydrogen-bond acceptors (Lipinski definition) is 4. The van der Waals surface area contributed by atoms with Crippen LogP contribution < -0.4 is 0 Å². The van der Waals surface area contributed by atoms with Crippen LogP contribution in [0.3, 0.4) is 0 Å². The van der Waals surface area contributed by atoms with Gasteiger partial charge in [-0.15, -0.1) is 0 Å².